The molecule has 6 heteroatoms. The molecule has 0 unspecified atom stereocenters. The van der Waals surface area contributed by atoms with E-state index < -0.39 is 0 Å². The monoisotopic (exact) mass is 344 g/mol. The molecule has 1 amide bonds. The van der Waals surface area contributed by atoms with Crippen molar-refractivity contribution in [1.29, 1.82) is 0 Å². The number of hydrogen-bond donors (Lipinski definition) is 1. The maximum atomic E-state index is 12.5. The van der Waals surface area contributed by atoms with E-state index in [0.29, 0.717) is 22.4 Å². The van der Waals surface area contributed by atoms with Crippen LogP contribution >= 0.6 is 11.6 Å². The molecule has 0 aliphatic carbocycles. The fourth-order valence-electron chi connectivity index (χ4n) is 2.81. The molecule has 1 fully saturated rings. The molecule has 2 heterocycles. The number of carbonyl (C=O) groups is 1. The molecule has 0 bridgehead atoms. The minimum atomic E-state index is -0.237. The fourth-order valence-corrected chi connectivity index (χ4v) is 2.94. The summed E-state index contributed by atoms with van der Waals surface area (Å²) in [5, 5.41) is 3.48. The summed E-state index contributed by atoms with van der Waals surface area (Å²) in [6.07, 6.45) is 4.77. The Labute approximate surface area is 147 Å². The second-order valence-electron chi connectivity index (χ2n) is 6.06. The Morgan fingerprint density at radius 3 is 2.42 bits per heavy atom. The number of hydrogen-bond acceptors (Lipinski definition) is 4. The summed E-state index contributed by atoms with van der Waals surface area (Å²) in [7, 11) is 0. The zero-order valence-electron chi connectivity index (χ0n) is 13.8. The molecule has 0 saturated carbocycles. The Morgan fingerprint density at radius 1 is 1.08 bits per heavy atom. The van der Waals surface area contributed by atoms with E-state index >= 15 is 0 Å². The molecule has 1 N–H and O–H groups in total. The molecular weight excluding hydrogens is 324 g/mol. The highest BCUT2D eigenvalue weighted by Gasteiger charge is 2.16. The average molecular weight is 345 g/mol. The lowest BCUT2D eigenvalue weighted by Crippen LogP contribution is -2.27. The van der Waals surface area contributed by atoms with Crippen LogP contribution in [0.15, 0.2) is 30.3 Å². The van der Waals surface area contributed by atoms with Crippen LogP contribution in [0.4, 0.5) is 11.6 Å². The first-order valence-corrected chi connectivity index (χ1v) is 8.67. The zero-order valence-corrected chi connectivity index (χ0v) is 14.5. The van der Waals surface area contributed by atoms with Gasteiger partial charge >= 0.3 is 0 Å². The standard InChI is InChI=1S/C18H21ClN4O/c1-13-12-16(17(24)21-15-8-6-14(19)7-9-15)22-18(20-13)23-10-4-2-3-5-11-23/h6-9,12H,2-5,10-11H2,1H3,(H,21,24). The number of benzene rings is 1. The van der Waals surface area contributed by atoms with Crippen molar-refractivity contribution in [2.45, 2.75) is 32.6 Å². The van der Waals surface area contributed by atoms with E-state index in [2.05, 4.69) is 20.2 Å². The van der Waals surface area contributed by atoms with Crippen LogP contribution in [0.3, 0.4) is 0 Å². The molecule has 5 nitrogen and oxygen atoms in total. The van der Waals surface area contributed by atoms with Gasteiger partial charge in [-0.1, -0.05) is 24.4 Å². The third-order valence-corrected chi connectivity index (χ3v) is 4.32. The molecule has 1 aromatic heterocycles. The second-order valence-corrected chi connectivity index (χ2v) is 6.49. The van der Waals surface area contributed by atoms with Gasteiger partial charge in [0.05, 0.1) is 0 Å². The topological polar surface area (TPSA) is 58.1 Å². The molecule has 126 valence electrons. The van der Waals surface area contributed by atoms with Gasteiger partial charge in [0.25, 0.3) is 5.91 Å². The van der Waals surface area contributed by atoms with Gasteiger partial charge < -0.3 is 10.2 Å². The third kappa shape index (κ3) is 4.23. The van der Waals surface area contributed by atoms with E-state index in [1.807, 2.05) is 6.92 Å². The van der Waals surface area contributed by atoms with Crippen molar-refractivity contribution >= 4 is 29.1 Å². The zero-order chi connectivity index (χ0) is 16.9. The summed E-state index contributed by atoms with van der Waals surface area (Å²) in [4.78, 5) is 23.7. The predicted molar refractivity (Wildman–Crippen MR) is 96.9 cm³/mol. The highest BCUT2D eigenvalue weighted by molar-refractivity contribution is 6.30. The quantitative estimate of drug-likeness (QED) is 0.911. The lowest BCUT2D eigenvalue weighted by atomic mass is 10.2. The molecule has 0 radical (unpaired) electrons. The molecule has 0 spiro atoms. The Balaban J connectivity index is 1.79. The van der Waals surface area contributed by atoms with Gasteiger partial charge in [0.2, 0.25) is 5.95 Å². The molecule has 2 aromatic rings. The van der Waals surface area contributed by atoms with Gasteiger partial charge in [-0.05, 0) is 50.1 Å². The summed E-state index contributed by atoms with van der Waals surface area (Å²) in [6.45, 7) is 3.78. The van der Waals surface area contributed by atoms with Crippen LogP contribution in [0.2, 0.25) is 5.02 Å². The van der Waals surface area contributed by atoms with Crippen LogP contribution in [0.1, 0.15) is 41.9 Å². The van der Waals surface area contributed by atoms with Crippen molar-refractivity contribution in [2.75, 3.05) is 23.3 Å². The van der Waals surface area contributed by atoms with E-state index in [4.69, 9.17) is 11.6 Å². The highest BCUT2D eigenvalue weighted by atomic mass is 35.5. The van der Waals surface area contributed by atoms with Crippen molar-refractivity contribution in [3.63, 3.8) is 0 Å². The molecule has 0 atom stereocenters. The molecule has 1 aliphatic rings. The van der Waals surface area contributed by atoms with Crippen molar-refractivity contribution in [3.05, 3.63) is 46.7 Å². The van der Waals surface area contributed by atoms with Crippen molar-refractivity contribution < 1.29 is 4.79 Å². The molecule has 1 aliphatic heterocycles. The first kappa shape index (κ1) is 16.7. The van der Waals surface area contributed by atoms with Crippen LogP contribution in [-0.2, 0) is 0 Å². The second kappa shape index (κ2) is 7.62. The van der Waals surface area contributed by atoms with E-state index in [9.17, 15) is 4.79 Å². The lowest BCUT2D eigenvalue weighted by Gasteiger charge is -2.21. The number of rotatable bonds is 3. The Morgan fingerprint density at radius 2 is 1.75 bits per heavy atom. The first-order chi connectivity index (χ1) is 11.6. The number of amides is 1. The summed E-state index contributed by atoms with van der Waals surface area (Å²) < 4.78 is 0. The van der Waals surface area contributed by atoms with E-state index in [1.54, 1.807) is 30.3 Å². The van der Waals surface area contributed by atoms with Gasteiger partial charge in [0, 0.05) is 29.5 Å². The summed E-state index contributed by atoms with van der Waals surface area (Å²) in [6, 6.07) is 8.73. The van der Waals surface area contributed by atoms with Crippen LogP contribution in [-0.4, -0.2) is 29.0 Å². The third-order valence-electron chi connectivity index (χ3n) is 4.07. The maximum Gasteiger partial charge on any atom is 0.274 e. The fraction of sp³-hybridized carbons (Fsp3) is 0.389. The van der Waals surface area contributed by atoms with Gasteiger partial charge in [-0.3, -0.25) is 4.79 Å². The number of halogens is 1. The largest absolute Gasteiger partial charge is 0.341 e. The van der Waals surface area contributed by atoms with Gasteiger partial charge in [0.15, 0.2) is 0 Å². The van der Waals surface area contributed by atoms with Crippen LogP contribution in [0.5, 0.6) is 0 Å². The SMILES string of the molecule is Cc1cc(C(=O)Nc2ccc(Cl)cc2)nc(N2CCCCCC2)n1. The normalized spacial score (nSPS) is 15.0. The smallest absolute Gasteiger partial charge is 0.274 e. The molecule has 1 saturated heterocycles. The van der Waals surface area contributed by atoms with Crippen molar-refractivity contribution in [1.82, 2.24) is 9.97 Å². The number of nitrogens with one attached hydrogen (secondary N) is 1. The molecular formula is C18H21ClN4O. The Kier molecular flexibility index (Phi) is 5.30. The van der Waals surface area contributed by atoms with Crippen LogP contribution < -0.4 is 10.2 Å². The number of aryl methyl sites for hydroxylation is 1. The Hall–Kier alpha value is -2.14. The number of aromatic nitrogens is 2. The molecule has 1 aromatic carbocycles. The van der Waals surface area contributed by atoms with E-state index in [0.717, 1.165) is 31.6 Å². The van der Waals surface area contributed by atoms with Gasteiger partial charge in [0.1, 0.15) is 5.69 Å². The van der Waals surface area contributed by atoms with Crippen molar-refractivity contribution in [3.8, 4) is 0 Å². The van der Waals surface area contributed by atoms with Crippen LogP contribution in [0.25, 0.3) is 0 Å². The highest BCUT2D eigenvalue weighted by Crippen LogP contribution is 2.18. The predicted octanol–water partition coefficient (Wildman–Crippen LogP) is 4.07. The van der Waals surface area contributed by atoms with E-state index in [1.165, 1.54) is 12.8 Å². The molecule has 3 rings (SSSR count). The minimum Gasteiger partial charge on any atom is -0.341 e. The van der Waals surface area contributed by atoms with Crippen molar-refractivity contribution in [2.24, 2.45) is 0 Å². The van der Waals surface area contributed by atoms with Gasteiger partial charge in [-0.2, -0.15) is 0 Å². The van der Waals surface area contributed by atoms with Gasteiger partial charge in [-0.15, -0.1) is 0 Å². The van der Waals surface area contributed by atoms with Gasteiger partial charge in [-0.25, -0.2) is 9.97 Å². The molecule has 24 heavy (non-hydrogen) atoms. The Bertz CT molecular complexity index is 709. The summed E-state index contributed by atoms with van der Waals surface area (Å²) >= 11 is 5.87. The maximum absolute atomic E-state index is 12.5. The number of anilines is 2. The lowest BCUT2D eigenvalue weighted by molar-refractivity contribution is 0.102. The number of carbonyl (C=O) groups excluding carboxylic acids is 1. The minimum absolute atomic E-state index is 0.237. The van der Waals surface area contributed by atoms with E-state index in [-0.39, 0.29) is 5.91 Å². The number of nitrogens with zero attached hydrogens (tertiary/aromatic N) is 3. The summed E-state index contributed by atoms with van der Waals surface area (Å²) in [5.41, 5.74) is 1.87. The summed E-state index contributed by atoms with van der Waals surface area (Å²) in [5.74, 6) is 0.414. The average Bonchev–Trinajstić information content (AvgIpc) is 2.86. The van der Waals surface area contributed by atoms with Crippen LogP contribution in [0, 0.1) is 6.92 Å². The first-order valence-electron chi connectivity index (χ1n) is 8.29.